The number of rotatable bonds is 7. The van der Waals surface area contributed by atoms with Crippen molar-refractivity contribution in [2.45, 2.75) is 0 Å². The Balaban J connectivity index is 1.93. The lowest BCUT2D eigenvalue weighted by Crippen LogP contribution is -1.99. The Labute approximate surface area is 185 Å². The van der Waals surface area contributed by atoms with Crippen molar-refractivity contribution in [2.75, 3.05) is 35.5 Å². The van der Waals surface area contributed by atoms with Gasteiger partial charge in [-0.3, -0.25) is 4.57 Å². The summed E-state index contributed by atoms with van der Waals surface area (Å²) in [5.74, 6) is 2.65. The highest BCUT2D eigenvalue weighted by Gasteiger charge is 2.18. The number of fused-ring (bicyclic) bond motifs is 1. The summed E-state index contributed by atoms with van der Waals surface area (Å²) in [6.45, 7) is 0. The number of benzene rings is 3. The summed E-state index contributed by atoms with van der Waals surface area (Å²) in [4.78, 5) is 4.55. The number of ether oxygens (including phenoxy) is 5. The SMILES string of the molecule is COc1ccc(-c2cc(OC)c3ncn(-c4cc(OC)c(OC)c(OC)c4)c3c2)cc1O. The number of phenols is 1. The molecule has 0 amide bonds. The molecule has 1 N–H and O–H groups in total. The van der Waals surface area contributed by atoms with Crippen molar-refractivity contribution in [1.82, 2.24) is 9.55 Å². The fraction of sp³-hybridized carbons (Fsp3) is 0.208. The van der Waals surface area contributed by atoms with Crippen LogP contribution in [0.4, 0.5) is 0 Å². The van der Waals surface area contributed by atoms with Crippen molar-refractivity contribution in [3.8, 4) is 51.3 Å². The van der Waals surface area contributed by atoms with Crippen LogP contribution in [0.5, 0.6) is 34.5 Å². The fourth-order valence-electron chi connectivity index (χ4n) is 3.69. The van der Waals surface area contributed by atoms with Gasteiger partial charge >= 0.3 is 0 Å². The number of methoxy groups -OCH3 is 5. The summed E-state index contributed by atoms with van der Waals surface area (Å²) in [6.07, 6.45) is 1.71. The van der Waals surface area contributed by atoms with Crippen LogP contribution in [0.3, 0.4) is 0 Å². The van der Waals surface area contributed by atoms with E-state index in [9.17, 15) is 5.11 Å². The van der Waals surface area contributed by atoms with Gasteiger partial charge in [-0.25, -0.2) is 4.98 Å². The van der Waals surface area contributed by atoms with Crippen LogP contribution >= 0.6 is 0 Å². The molecule has 8 heteroatoms. The number of imidazole rings is 1. The highest BCUT2D eigenvalue weighted by molar-refractivity contribution is 5.89. The average molecular weight is 436 g/mol. The van der Waals surface area contributed by atoms with E-state index < -0.39 is 0 Å². The maximum Gasteiger partial charge on any atom is 0.203 e. The maximum absolute atomic E-state index is 10.2. The zero-order valence-electron chi connectivity index (χ0n) is 18.5. The maximum atomic E-state index is 10.2. The minimum atomic E-state index is 0.0576. The van der Waals surface area contributed by atoms with Gasteiger partial charge in [0.05, 0.1) is 46.8 Å². The lowest BCUT2D eigenvalue weighted by Gasteiger charge is -2.15. The van der Waals surface area contributed by atoms with Gasteiger partial charge in [0.15, 0.2) is 23.0 Å². The summed E-state index contributed by atoms with van der Waals surface area (Å²) in [5.41, 5.74) is 3.94. The molecule has 0 aliphatic carbocycles. The number of hydrogen-bond acceptors (Lipinski definition) is 7. The number of nitrogens with zero attached hydrogens (tertiary/aromatic N) is 2. The molecular formula is C24H24N2O6. The molecule has 0 saturated carbocycles. The van der Waals surface area contributed by atoms with Gasteiger partial charge in [-0.1, -0.05) is 6.07 Å². The van der Waals surface area contributed by atoms with E-state index in [0.29, 0.717) is 34.3 Å². The van der Waals surface area contributed by atoms with Crippen LogP contribution in [-0.2, 0) is 0 Å². The Morgan fingerprint density at radius 1 is 0.688 bits per heavy atom. The third-order valence-electron chi connectivity index (χ3n) is 5.28. The minimum absolute atomic E-state index is 0.0576. The van der Waals surface area contributed by atoms with Gasteiger partial charge in [-0.05, 0) is 35.4 Å². The van der Waals surface area contributed by atoms with E-state index in [0.717, 1.165) is 22.3 Å². The number of aromatic nitrogens is 2. The van der Waals surface area contributed by atoms with Crippen LogP contribution in [-0.4, -0.2) is 50.2 Å². The van der Waals surface area contributed by atoms with Crippen LogP contribution in [0.25, 0.3) is 27.8 Å². The van der Waals surface area contributed by atoms with Crippen LogP contribution in [0.15, 0.2) is 48.8 Å². The summed E-state index contributed by atoms with van der Waals surface area (Å²) >= 11 is 0. The van der Waals surface area contributed by atoms with Crippen LogP contribution < -0.4 is 23.7 Å². The predicted octanol–water partition coefficient (Wildman–Crippen LogP) is 4.44. The van der Waals surface area contributed by atoms with E-state index in [1.807, 2.05) is 34.9 Å². The molecule has 0 aliphatic rings. The smallest absolute Gasteiger partial charge is 0.203 e. The van der Waals surface area contributed by atoms with Crippen molar-refractivity contribution in [3.05, 3.63) is 48.8 Å². The van der Waals surface area contributed by atoms with Gasteiger partial charge in [0.1, 0.15) is 17.6 Å². The molecule has 1 heterocycles. The first-order valence-corrected chi connectivity index (χ1v) is 9.77. The lowest BCUT2D eigenvalue weighted by atomic mass is 10.0. The molecule has 1 aromatic heterocycles. The molecule has 0 radical (unpaired) electrons. The Morgan fingerprint density at radius 3 is 1.91 bits per heavy atom. The topological polar surface area (TPSA) is 84.2 Å². The van der Waals surface area contributed by atoms with E-state index in [1.54, 1.807) is 46.9 Å². The molecule has 0 fully saturated rings. The lowest BCUT2D eigenvalue weighted by molar-refractivity contribution is 0.324. The van der Waals surface area contributed by atoms with Gasteiger partial charge < -0.3 is 28.8 Å². The van der Waals surface area contributed by atoms with Gasteiger partial charge in [-0.15, -0.1) is 0 Å². The zero-order valence-corrected chi connectivity index (χ0v) is 18.5. The van der Waals surface area contributed by atoms with Gasteiger partial charge in [0.25, 0.3) is 0 Å². The quantitative estimate of drug-likeness (QED) is 0.458. The second kappa shape index (κ2) is 8.58. The molecule has 4 aromatic rings. The first-order chi connectivity index (χ1) is 15.5. The summed E-state index contributed by atoms with van der Waals surface area (Å²) in [7, 11) is 7.82. The third-order valence-corrected chi connectivity index (χ3v) is 5.28. The van der Waals surface area contributed by atoms with Crippen LogP contribution in [0, 0.1) is 0 Å². The first kappa shape index (κ1) is 21.2. The Bertz CT molecular complexity index is 1260. The standard InChI is InChI=1S/C24H24N2O6/c1-28-19-7-6-14(9-18(19)27)15-8-17-23(20(10-15)29-2)25-13-26(17)16-11-21(30-3)24(32-5)22(12-16)31-4/h6-13,27H,1-5H3. The molecule has 3 aromatic carbocycles. The molecule has 0 bridgehead atoms. The van der Waals surface area contributed by atoms with Gasteiger partial charge in [0.2, 0.25) is 5.75 Å². The molecule has 0 atom stereocenters. The van der Waals surface area contributed by atoms with E-state index in [4.69, 9.17) is 23.7 Å². The highest BCUT2D eigenvalue weighted by atomic mass is 16.5. The van der Waals surface area contributed by atoms with Gasteiger partial charge in [-0.2, -0.15) is 0 Å². The molecule has 32 heavy (non-hydrogen) atoms. The number of hydrogen-bond donors (Lipinski definition) is 1. The normalized spacial score (nSPS) is 10.8. The predicted molar refractivity (Wildman–Crippen MR) is 121 cm³/mol. The molecule has 166 valence electrons. The molecule has 4 rings (SSSR count). The molecular weight excluding hydrogens is 412 g/mol. The van der Waals surface area contributed by atoms with Crippen molar-refractivity contribution >= 4 is 11.0 Å². The molecule has 0 aliphatic heterocycles. The second-order valence-electron chi connectivity index (χ2n) is 6.93. The Morgan fingerprint density at radius 2 is 1.34 bits per heavy atom. The largest absolute Gasteiger partial charge is 0.504 e. The Hall–Kier alpha value is -4.07. The van der Waals surface area contributed by atoms with Crippen molar-refractivity contribution < 1.29 is 28.8 Å². The Kier molecular flexibility index (Phi) is 5.68. The van der Waals surface area contributed by atoms with E-state index in [-0.39, 0.29) is 5.75 Å². The number of phenolic OH excluding ortho intramolecular Hbond substituents is 1. The first-order valence-electron chi connectivity index (χ1n) is 9.77. The van der Waals surface area contributed by atoms with Crippen molar-refractivity contribution in [3.63, 3.8) is 0 Å². The monoisotopic (exact) mass is 436 g/mol. The second-order valence-corrected chi connectivity index (χ2v) is 6.93. The molecule has 8 nitrogen and oxygen atoms in total. The van der Waals surface area contributed by atoms with Crippen LogP contribution in [0.2, 0.25) is 0 Å². The molecule has 0 saturated heterocycles. The van der Waals surface area contributed by atoms with Crippen molar-refractivity contribution in [2.24, 2.45) is 0 Å². The summed E-state index contributed by atoms with van der Waals surface area (Å²) in [6, 6.07) is 12.8. The van der Waals surface area contributed by atoms with Crippen molar-refractivity contribution in [1.29, 1.82) is 0 Å². The molecule has 0 spiro atoms. The van der Waals surface area contributed by atoms with E-state index >= 15 is 0 Å². The average Bonchev–Trinajstić information content (AvgIpc) is 3.26. The minimum Gasteiger partial charge on any atom is -0.504 e. The summed E-state index contributed by atoms with van der Waals surface area (Å²) in [5, 5.41) is 10.2. The zero-order chi connectivity index (χ0) is 22.8. The highest BCUT2D eigenvalue weighted by Crippen LogP contribution is 2.41. The number of aromatic hydroxyl groups is 1. The van der Waals surface area contributed by atoms with E-state index in [1.165, 1.54) is 7.11 Å². The van der Waals surface area contributed by atoms with Crippen LogP contribution in [0.1, 0.15) is 0 Å². The third kappa shape index (κ3) is 3.49. The molecule has 0 unspecified atom stereocenters. The van der Waals surface area contributed by atoms with E-state index in [2.05, 4.69) is 4.98 Å². The fourth-order valence-corrected chi connectivity index (χ4v) is 3.69. The summed E-state index contributed by atoms with van der Waals surface area (Å²) < 4.78 is 29.1. The van der Waals surface area contributed by atoms with Gasteiger partial charge in [0, 0.05) is 12.1 Å².